The maximum Gasteiger partial charge on any atom is 0.256 e. The quantitative estimate of drug-likeness (QED) is 0.471. The summed E-state index contributed by atoms with van der Waals surface area (Å²) in [7, 11) is 0. The van der Waals surface area contributed by atoms with E-state index in [4.69, 9.17) is 27.5 Å². The van der Waals surface area contributed by atoms with Crippen LogP contribution in [-0.2, 0) is 6.42 Å². The molecule has 0 aliphatic carbocycles. The fourth-order valence-corrected chi connectivity index (χ4v) is 4.12. The summed E-state index contributed by atoms with van der Waals surface area (Å²) in [4.78, 5) is 13.0. The fourth-order valence-electron chi connectivity index (χ4n) is 3.96. The standard InChI is InChI=1S/C21H22ClFN8O/c22-13-3-4-16(15(23)12-13)30-9-7-29(8-10-30)6-5-14-18(24)26-21-27-20(17-2-1-11-32-17)28-31(21)19(14)25/h1-4,11-12H,5-10,25H2,(H2,24,26,27,28). The Bertz CT molecular complexity index is 1250. The zero-order valence-electron chi connectivity index (χ0n) is 17.2. The van der Waals surface area contributed by atoms with Crippen LogP contribution in [0.2, 0.25) is 5.02 Å². The largest absolute Gasteiger partial charge is 0.461 e. The second-order valence-corrected chi connectivity index (χ2v) is 8.10. The number of rotatable bonds is 5. The van der Waals surface area contributed by atoms with Crippen LogP contribution in [0.1, 0.15) is 5.56 Å². The van der Waals surface area contributed by atoms with E-state index in [0.717, 1.165) is 38.3 Å². The Hall–Kier alpha value is -3.37. The number of furan rings is 1. The predicted octanol–water partition coefficient (Wildman–Crippen LogP) is 2.71. The lowest BCUT2D eigenvalue weighted by Gasteiger charge is -2.36. The summed E-state index contributed by atoms with van der Waals surface area (Å²) in [5, 5.41) is 4.81. The first-order chi connectivity index (χ1) is 15.5. The number of hydrogen-bond donors (Lipinski definition) is 2. The number of benzene rings is 1. The van der Waals surface area contributed by atoms with E-state index in [2.05, 4.69) is 20.0 Å². The average molecular weight is 457 g/mol. The highest BCUT2D eigenvalue weighted by atomic mass is 35.5. The van der Waals surface area contributed by atoms with Crippen molar-refractivity contribution < 1.29 is 8.81 Å². The van der Waals surface area contributed by atoms with Crippen molar-refractivity contribution in [2.24, 2.45) is 0 Å². The molecule has 1 fully saturated rings. The molecule has 4 heterocycles. The molecule has 0 bridgehead atoms. The minimum Gasteiger partial charge on any atom is -0.461 e. The van der Waals surface area contributed by atoms with Crippen LogP contribution >= 0.6 is 11.6 Å². The Labute approximate surface area is 188 Å². The van der Waals surface area contributed by atoms with Crippen molar-refractivity contribution in [1.82, 2.24) is 24.5 Å². The molecule has 32 heavy (non-hydrogen) atoms. The number of piperazine rings is 1. The molecule has 11 heteroatoms. The van der Waals surface area contributed by atoms with Crippen molar-refractivity contribution >= 4 is 34.7 Å². The second-order valence-electron chi connectivity index (χ2n) is 7.66. The topological polar surface area (TPSA) is 115 Å². The Kier molecular flexibility index (Phi) is 5.32. The molecule has 0 unspecified atom stereocenters. The van der Waals surface area contributed by atoms with Gasteiger partial charge in [-0.05, 0) is 36.8 Å². The minimum atomic E-state index is -0.298. The number of anilines is 3. The Morgan fingerprint density at radius 2 is 1.91 bits per heavy atom. The number of halogens is 2. The maximum absolute atomic E-state index is 14.2. The lowest BCUT2D eigenvalue weighted by molar-refractivity contribution is 0.260. The summed E-state index contributed by atoms with van der Waals surface area (Å²) in [5.41, 5.74) is 13.9. The molecular weight excluding hydrogens is 435 g/mol. The van der Waals surface area contributed by atoms with Crippen LogP contribution in [0.25, 0.3) is 17.4 Å². The van der Waals surface area contributed by atoms with E-state index in [1.54, 1.807) is 30.5 Å². The molecule has 0 atom stereocenters. The highest BCUT2D eigenvalue weighted by Gasteiger charge is 2.21. The number of aromatic nitrogens is 4. The van der Waals surface area contributed by atoms with Gasteiger partial charge in [0.2, 0.25) is 5.82 Å². The molecule has 4 aromatic rings. The van der Waals surface area contributed by atoms with Crippen molar-refractivity contribution in [2.75, 3.05) is 49.1 Å². The van der Waals surface area contributed by atoms with Gasteiger partial charge in [0, 0.05) is 43.3 Å². The molecule has 1 saturated heterocycles. The van der Waals surface area contributed by atoms with Crippen LogP contribution in [0.4, 0.5) is 21.7 Å². The number of fused-ring (bicyclic) bond motifs is 1. The molecule has 4 N–H and O–H groups in total. The van der Waals surface area contributed by atoms with Crippen LogP contribution in [0, 0.1) is 5.82 Å². The summed E-state index contributed by atoms with van der Waals surface area (Å²) in [6.45, 7) is 3.78. The summed E-state index contributed by atoms with van der Waals surface area (Å²) in [6.07, 6.45) is 2.17. The van der Waals surface area contributed by atoms with Gasteiger partial charge in [-0.25, -0.2) is 4.39 Å². The van der Waals surface area contributed by atoms with E-state index < -0.39 is 0 Å². The first kappa shape index (κ1) is 20.5. The van der Waals surface area contributed by atoms with E-state index in [9.17, 15) is 4.39 Å². The third kappa shape index (κ3) is 3.82. The molecule has 1 aliphatic rings. The molecule has 3 aromatic heterocycles. The van der Waals surface area contributed by atoms with Crippen LogP contribution in [0.3, 0.4) is 0 Å². The monoisotopic (exact) mass is 456 g/mol. The van der Waals surface area contributed by atoms with Gasteiger partial charge < -0.3 is 20.8 Å². The number of hydrogen-bond acceptors (Lipinski definition) is 8. The van der Waals surface area contributed by atoms with Crippen molar-refractivity contribution in [3.05, 3.63) is 53.0 Å². The predicted molar refractivity (Wildman–Crippen MR) is 121 cm³/mol. The van der Waals surface area contributed by atoms with Crippen LogP contribution in [0.15, 0.2) is 41.0 Å². The first-order valence-electron chi connectivity index (χ1n) is 10.3. The number of nitrogens with zero attached hydrogens (tertiary/aromatic N) is 6. The lowest BCUT2D eigenvalue weighted by atomic mass is 10.1. The summed E-state index contributed by atoms with van der Waals surface area (Å²) < 4.78 is 21.1. The second kappa shape index (κ2) is 8.29. The summed E-state index contributed by atoms with van der Waals surface area (Å²) in [5.74, 6) is 1.72. The van der Waals surface area contributed by atoms with Gasteiger partial charge in [-0.15, -0.1) is 5.10 Å². The summed E-state index contributed by atoms with van der Waals surface area (Å²) in [6, 6.07) is 8.32. The fraction of sp³-hybridized carbons (Fsp3) is 0.286. The Morgan fingerprint density at radius 1 is 1.09 bits per heavy atom. The van der Waals surface area contributed by atoms with E-state index in [-0.39, 0.29) is 5.82 Å². The zero-order valence-corrected chi connectivity index (χ0v) is 18.0. The van der Waals surface area contributed by atoms with Crippen molar-refractivity contribution in [2.45, 2.75) is 6.42 Å². The van der Waals surface area contributed by atoms with Gasteiger partial charge in [0.15, 0.2) is 5.76 Å². The van der Waals surface area contributed by atoms with Gasteiger partial charge in [0.25, 0.3) is 5.78 Å². The molecule has 9 nitrogen and oxygen atoms in total. The van der Waals surface area contributed by atoms with Gasteiger partial charge >= 0.3 is 0 Å². The van der Waals surface area contributed by atoms with Gasteiger partial charge in [0.05, 0.1) is 12.0 Å². The van der Waals surface area contributed by atoms with Crippen LogP contribution in [0.5, 0.6) is 0 Å². The molecular formula is C21H22ClFN8O. The highest BCUT2D eigenvalue weighted by molar-refractivity contribution is 6.30. The molecule has 0 spiro atoms. The molecule has 1 aromatic carbocycles. The third-order valence-electron chi connectivity index (χ3n) is 5.70. The normalized spacial score (nSPS) is 15.0. The highest BCUT2D eigenvalue weighted by Crippen LogP contribution is 2.25. The minimum absolute atomic E-state index is 0.298. The molecule has 0 radical (unpaired) electrons. The SMILES string of the molecule is Nc1nc2nc(-c3ccco3)nn2c(N)c1CCN1CCN(c2ccc(Cl)cc2F)CC1. The van der Waals surface area contributed by atoms with E-state index in [1.807, 2.05) is 4.90 Å². The number of nitrogens with two attached hydrogens (primary N) is 2. The van der Waals surface area contributed by atoms with E-state index >= 15 is 0 Å². The molecule has 166 valence electrons. The smallest absolute Gasteiger partial charge is 0.256 e. The molecule has 0 amide bonds. The molecule has 0 saturated carbocycles. The van der Waals surface area contributed by atoms with Crippen LogP contribution in [-0.4, -0.2) is 57.2 Å². The third-order valence-corrected chi connectivity index (χ3v) is 5.93. The Morgan fingerprint density at radius 3 is 2.62 bits per heavy atom. The molecule has 5 rings (SSSR count). The van der Waals surface area contributed by atoms with Crippen molar-refractivity contribution in [3.8, 4) is 11.6 Å². The van der Waals surface area contributed by atoms with E-state index in [1.165, 1.54) is 10.6 Å². The van der Waals surface area contributed by atoms with Gasteiger partial charge in [-0.3, -0.25) is 4.90 Å². The molecule has 1 aliphatic heterocycles. The van der Waals surface area contributed by atoms with Crippen molar-refractivity contribution in [1.29, 1.82) is 0 Å². The van der Waals surface area contributed by atoms with Crippen molar-refractivity contribution in [3.63, 3.8) is 0 Å². The Balaban J connectivity index is 1.26. The van der Waals surface area contributed by atoms with Gasteiger partial charge in [0.1, 0.15) is 17.5 Å². The zero-order chi connectivity index (χ0) is 22.2. The lowest BCUT2D eigenvalue weighted by Crippen LogP contribution is -2.47. The maximum atomic E-state index is 14.2. The summed E-state index contributed by atoms with van der Waals surface area (Å²) >= 11 is 5.86. The van der Waals surface area contributed by atoms with Gasteiger partial charge in [-0.1, -0.05) is 11.6 Å². The average Bonchev–Trinajstić information content (AvgIpc) is 3.44. The number of nitrogen functional groups attached to an aromatic ring is 2. The van der Waals surface area contributed by atoms with Gasteiger partial charge in [-0.2, -0.15) is 14.5 Å². The first-order valence-corrected chi connectivity index (χ1v) is 10.6. The van der Waals surface area contributed by atoms with E-state index in [0.29, 0.717) is 46.1 Å². The van der Waals surface area contributed by atoms with Crippen LogP contribution < -0.4 is 16.4 Å².